The summed E-state index contributed by atoms with van der Waals surface area (Å²) in [7, 11) is 1.52. The summed E-state index contributed by atoms with van der Waals surface area (Å²) >= 11 is 0. The molecule has 0 aliphatic heterocycles. The van der Waals surface area contributed by atoms with Gasteiger partial charge >= 0.3 is 0 Å². The smallest absolute Gasteiger partial charge is 0.153 e. The molecule has 0 saturated heterocycles. The largest absolute Gasteiger partial charge is 0.496 e. The minimum atomic E-state index is 0.0879. The van der Waals surface area contributed by atoms with Crippen LogP contribution in [0.5, 0.6) is 5.75 Å². The lowest BCUT2D eigenvalue weighted by molar-refractivity contribution is 0.112. The van der Waals surface area contributed by atoms with Gasteiger partial charge < -0.3 is 9.84 Å². The molecule has 1 aromatic rings. The maximum absolute atomic E-state index is 10.6. The average Bonchev–Trinajstić information content (AvgIpc) is 2.18. The van der Waals surface area contributed by atoms with E-state index >= 15 is 0 Å². The monoisotopic (exact) mass is 180 g/mol. The molecule has 0 amide bonds. The summed E-state index contributed by atoms with van der Waals surface area (Å²) in [6.07, 6.45) is 1.31. The summed E-state index contributed by atoms with van der Waals surface area (Å²) in [4.78, 5) is 10.6. The van der Waals surface area contributed by atoms with E-state index in [-0.39, 0.29) is 6.61 Å². The highest BCUT2D eigenvalue weighted by Crippen LogP contribution is 2.17. The fraction of sp³-hybridized carbons (Fsp3) is 0.300. The zero-order chi connectivity index (χ0) is 9.68. The number of hydrogen-bond donors (Lipinski definition) is 1. The van der Waals surface area contributed by atoms with Crippen LogP contribution in [-0.4, -0.2) is 25.1 Å². The molecule has 0 aromatic heterocycles. The van der Waals surface area contributed by atoms with Crippen LogP contribution >= 0.6 is 0 Å². The topological polar surface area (TPSA) is 46.5 Å². The molecule has 1 N–H and O–H groups in total. The standard InChI is InChI=1S/C10H12O3/c1-13-10-3-2-8(4-5-11)6-9(10)7-12/h2-3,6-7,11H,4-5H2,1H3. The first-order valence-corrected chi connectivity index (χ1v) is 4.04. The van der Waals surface area contributed by atoms with Crippen molar-refractivity contribution in [2.75, 3.05) is 13.7 Å². The van der Waals surface area contributed by atoms with Crippen molar-refractivity contribution in [1.29, 1.82) is 0 Å². The van der Waals surface area contributed by atoms with E-state index in [0.717, 1.165) is 11.8 Å². The first kappa shape index (κ1) is 9.74. The first-order chi connectivity index (χ1) is 6.31. The lowest BCUT2D eigenvalue weighted by atomic mass is 10.1. The summed E-state index contributed by atoms with van der Waals surface area (Å²) < 4.78 is 4.98. The van der Waals surface area contributed by atoms with Crippen molar-refractivity contribution in [3.8, 4) is 5.75 Å². The summed E-state index contributed by atoms with van der Waals surface area (Å²) in [5, 5.41) is 8.69. The fourth-order valence-corrected chi connectivity index (χ4v) is 1.16. The fourth-order valence-electron chi connectivity index (χ4n) is 1.16. The van der Waals surface area contributed by atoms with Gasteiger partial charge in [0, 0.05) is 6.61 Å². The third kappa shape index (κ3) is 2.29. The number of aliphatic hydroxyl groups excluding tert-OH is 1. The van der Waals surface area contributed by atoms with Gasteiger partial charge in [-0.15, -0.1) is 0 Å². The Kier molecular flexibility index (Phi) is 3.46. The number of aldehydes is 1. The molecule has 0 saturated carbocycles. The third-order valence-corrected chi connectivity index (χ3v) is 1.82. The zero-order valence-electron chi connectivity index (χ0n) is 7.49. The molecule has 0 heterocycles. The van der Waals surface area contributed by atoms with Crippen LogP contribution in [0.1, 0.15) is 15.9 Å². The van der Waals surface area contributed by atoms with E-state index in [9.17, 15) is 4.79 Å². The van der Waals surface area contributed by atoms with E-state index in [1.807, 2.05) is 6.07 Å². The number of carbonyl (C=O) groups is 1. The molecule has 0 bridgehead atoms. The van der Waals surface area contributed by atoms with Gasteiger partial charge in [-0.25, -0.2) is 0 Å². The molecular formula is C10H12O3. The number of aliphatic hydroxyl groups is 1. The number of ether oxygens (including phenoxy) is 1. The minimum Gasteiger partial charge on any atom is -0.496 e. The molecule has 0 unspecified atom stereocenters. The summed E-state index contributed by atoms with van der Waals surface area (Å²) in [6, 6.07) is 5.29. The Morgan fingerprint density at radius 3 is 2.85 bits per heavy atom. The molecular weight excluding hydrogens is 168 g/mol. The minimum absolute atomic E-state index is 0.0879. The Morgan fingerprint density at radius 2 is 2.31 bits per heavy atom. The zero-order valence-corrected chi connectivity index (χ0v) is 7.49. The SMILES string of the molecule is COc1ccc(CCO)cc1C=O. The van der Waals surface area contributed by atoms with E-state index in [0.29, 0.717) is 17.7 Å². The van der Waals surface area contributed by atoms with E-state index in [1.165, 1.54) is 7.11 Å². The molecule has 70 valence electrons. The van der Waals surface area contributed by atoms with Gasteiger partial charge in [0.25, 0.3) is 0 Å². The highest BCUT2D eigenvalue weighted by atomic mass is 16.5. The third-order valence-electron chi connectivity index (χ3n) is 1.82. The highest BCUT2D eigenvalue weighted by molar-refractivity contribution is 5.79. The van der Waals surface area contributed by atoms with Crippen molar-refractivity contribution in [3.05, 3.63) is 29.3 Å². The van der Waals surface area contributed by atoms with Gasteiger partial charge in [-0.1, -0.05) is 6.07 Å². The van der Waals surface area contributed by atoms with E-state index in [2.05, 4.69) is 0 Å². The predicted octanol–water partition coefficient (Wildman–Crippen LogP) is 1.04. The van der Waals surface area contributed by atoms with Gasteiger partial charge in [-0.05, 0) is 24.1 Å². The number of benzene rings is 1. The van der Waals surface area contributed by atoms with Crippen molar-refractivity contribution in [2.45, 2.75) is 6.42 Å². The molecule has 13 heavy (non-hydrogen) atoms. The van der Waals surface area contributed by atoms with Crippen molar-refractivity contribution in [1.82, 2.24) is 0 Å². The Hall–Kier alpha value is -1.35. The maximum atomic E-state index is 10.6. The van der Waals surface area contributed by atoms with Crippen LogP contribution < -0.4 is 4.74 Å². The molecule has 0 aliphatic carbocycles. The van der Waals surface area contributed by atoms with Gasteiger partial charge in [-0.3, -0.25) is 4.79 Å². The summed E-state index contributed by atoms with van der Waals surface area (Å²) in [5.74, 6) is 0.566. The summed E-state index contributed by atoms with van der Waals surface area (Å²) in [6.45, 7) is 0.0879. The van der Waals surface area contributed by atoms with Crippen molar-refractivity contribution in [2.24, 2.45) is 0 Å². The highest BCUT2D eigenvalue weighted by Gasteiger charge is 2.02. The lowest BCUT2D eigenvalue weighted by Gasteiger charge is -2.05. The summed E-state index contributed by atoms with van der Waals surface area (Å²) in [5.41, 5.74) is 1.46. The Labute approximate surface area is 77.0 Å². The average molecular weight is 180 g/mol. The van der Waals surface area contributed by atoms with Crippen molar-refractivity contribution >= 4 is 6.29 Å². The van der Waals surface area contributed by atoms with Crippen molar-refractivity contribution < 1.29 is 14.6 Å². The van der Waals surface area contributed by atoms with E-state index < -0.39 is 0 Å². The number of carbonyl (C=O) groups excluding carboxylic acids is 1. The van der Waals surface area contributed by atoms with Crippen molar-refractivity contribution in [3.63, 3.8) is 0 Å². The van der Waals surface area contributed by atoms with Crippen LogP contribution in [0.4, 0.5) is 0 Å². The molecule has 3 nitrogen and oxygen atoms in total. The normalized spacial score (nSPS) is 9.69. The number of rotatable bonds is 4. The van der Waals surface area contributed by atoms with Crippen LogP contribution in [0.2, 0.25) is 0 Å². The van der Waals surface area contributed by atoms with Crippen LogP contribution in [0.3, 0.4) is 0 Å². The molecule has 0 radical (unpaired) electrons. The molecule has 0 spiro atoms. The Balaban J connectivity index is 2.98. The molecule has 0 fully saturated rings. The van der Waals surface area contributed by atoms with Crippen LogP contribution in [0.15, 0.2) is 18.2 Å². The van der Waals surface area contributed by atoms with Gasteiger partial charge in [0.1, 0.15) is 5.75 Å². The van der Waals surface area contributed by atoms with Crippen LogP contribution in [-0.2, 0) is 6.42 Å². The molecule has 0 aliphatic rings. The van der Waals surface area contributed by atoms with Gasteiger partial charge in [0.2, 0.25) is 0 Å². The molecule has 0 atom stereocenters. The number of methoxy groups -OCH3 is 1. The number of hydrogen-bond acceptors (Lipinski definition) is 3. The van der Waals surface area contributed by atoms with Crippen LogP contribution in [0, 0.1) is 0 Å². The van der Waals surface area contributed by atoms with Gasteiger partial charge in [-0.2, -0.15) is 0 Å². The molecule has 1 aromatic carbocycles. The second-order valence-electron chi connectivity index (χ2n) is 2.67. The second-order valence-corrected chi connectivity index (χ2v) is 2.67. The van der Waals surface area contributed by atoms with Gasteiger partial charge in [0.15, 0.2) is 6.29 Å². The van der Waals surface area contributed by atoms with E-state index in [1.54, 1.807) is 12.1 Å². The molecule has 1 rings (SSSR count). The molecule has 3 heteroatoms. The Morgan fingerprint density at radius 1 is 1.54 bits per heavy atom. The maximum Gasteiger partial charge on any atom is 0.153 e. The second kappa shape index (κ2) is 4.62. The lowest BCUT2D eigenvalue weighted by Crippen LogP contribution is -1.95. The van der Waals surface area contributed by atoms with Crippen LogP contribution in [0.25, 0.3) is 0 Å². The Bertz CT molecular complexity index is 294. The van der Waals surface area contributed by atoms with Gasteiger partial charge in [0.05, 0.1) is 12.7 Å². The first-order valence-electron chi connectivity index (χ1n) is 4.04. The predicted molar refractivity (Wildman–Crippen MR) is 49.2 cm³/mol. The van der Waals surface area contributed by atoms with E-state index in [4.69, 9.17) is 9.84 Å². The quantitative estimate of drug-likeness (QED) is 0.704.